The second-order valence-corrected chi connectivity index (χ2v) is 10.2. The number of nitrogens with zero attached hydrogens (tertiary/aromatic N) is 7. The van der Waals surface area contributed by atoms with Gasteiger partial charge in [-0.3, -0.25) is 14.3 Å². The number of carbonyl (C=O) groups is 1. The van der Waals surface area contributed by atoms with Gasteiger partial charge in [0.05, 0.1) is 41.0 Å². The molecule has 0 spiro atoms. The summed E-state index contributed by atoms with van der Waals surface area (Å²) in [5.41, 5.74) is 2.91. The van der Waals surface area contributed by atoms with Crippen LogP contribution in [0, 0.1) is 0 Å². The van der Waals surface area contributed by atoms with Gasteiger partial charge in [0, 0.05) is 51.1 Å². The highest BCUT2D eigenvalue weighted by Crippen LogP contribution is 2.34. The van der Waals surface area contributed by atoms with Gasteiger partial charge in [0.1, 0.15) is 5.82 Å². The van der Waals surface area contributed by atoms with Crippen LogP contribution in [0.5, 0.6) is 0 Å². The number of likely N-dealkylation sites (N-methyl/N-ethyl adjacent to an activating group) is 1. The van der Waals surface area contributed by atoms with Crippen LogP contribution >= 0.6 is 11.3 Å². The van der Waals surface area contributed by atoms with E-state index in [-0.39, 0.29) is 5.91 Å². The molecule has 0 radical (unpaired) electrons. The maximum absolute atomic E-state index is 12.2. The van der Waals surface area contributed by atoms with E-state index < -0.39 is 0 Å². The molecule has 182 valence electrons. The number of imidazole rings is 1. The van der Waals surface area contributed by atoms with E-state index in [1.165, 1.54) is 4.88 Å². The van der Waals surface area contributed by atoms with Crippen LogP contribution in [0.4, 0.5) is 5.82 Å². The molecule has 0 aliphatic carbocycles. The van der Waals surface area contributed by atoms with Crippen LogP contribution in [0.3, 0.4) is 0 Å². The van der Waals surface area contributed by atoms with Gasteiger partial charge in [0.15, 0.2) is 5.82 Å². The number of amides is 1. The molecule has 6 rings (SSSR count). The van der Waals surface area contributed by atoms with Crippen molar-refractivity contribution in [3.63, 3.8) is 0 Å². The van der Waals surface area contributed by atoms with Crippen LogP contribution in [0.2, 0.25) is 0 Å². The number of fused-ring (bicyclic) bond motifs is 2. The van der Waals surface area contributed by atoms with E-state index in [0.29, 0.717) is 25.7 Å². The van der Waals surface area contributed by atoms with E-state index in [4.69, 9.17) is 19.7 Å². The maximum Gasteiger partial charge on any atom is 0.238 e. The van der Waals surface area contributed by atoms with Gasteiger partial charge in [-0.25, -0.2) is 9.97 Å². The Labute approximate surface area is 207 Å². The Morgan fingerprint density at radius 3 is 2.66 bits per heavy atom. The van der Waals surface area contributed by atoms with Crippen LogP contribution < -0.4 is 4.90 Å². The third-order valence-corrected chi connectivity index (χ3v) is 7.87. The zero-order valence-electron chi connectivity index (χ0n) is 20.1. The van der Waals surface area contributed by atoms with Crippen LogP contribution in [0.15, 0.2) is 30.3 Å². The van der Waals surface area contributed by atoms with Crippen molar-refractivity contribution in [2.75, 3.05) is 57.9 Å². The molecule has 0 bridgehead atoms. The molecule has 4 aromatic rings. The van der Waals surface area contributed by atoms with Crippen LogP contribution in [-0.4, -0.2) is 88.2 Å². The van der Waals surface area contributed by atoms with E-state index in [9.17, 15) is 4.79 Å². The molecular formula is C25H29N7O2S. The topological polar surface area (TPSA) is 79.6 Å². The number of thiophene rings is 1. The first-order valence-corrected chi connectivity index (χ1v) is 13.0. The number of carbonyl (C=O) groups excluding carboxylic acids is 1. The fourth-order valence-electron chi connectivity index (χ4n) is 4.82. The number of rotatable bonds is 5. The lowest BCUT2D eigenvalue weighted by atomic mass is 10.3. The monoisotopic (exact) mass is 491 g/mol. The predicted octanol–water partition coefficient (Wildman–Crippen LogP) is 2.70. The average molecular weight is 492 g/mol. The van der Waals surface area contributed by atoms with Gasteiger partial charge in [0.2, 0.25) is 11.9 Å². The maximum atomic E-state index is 12.2. The van der Waals surface area contributed by atoms with Gasteiger partial charge >= 0.3 is 0 Å². The number of hydrogen-bond donors (Lipinski definition) is 0. The molecule has 2 saturated heterocycles. The fraction of sp³-hybridized carbons (Fsp3) is 0.440. The fourth-order valence-corrected chi connectivity index (χ4v) is 5.97. The van der Waals surface area contributed by atoms with Gasteiger partial charge < -0.3 is 14.5 Å². The highest BCUT2D eigenvalue weighted by atomic mass is 32.1. The zero-order chi connectivity index (χ0) is 23.9. The van der Waals surface area contributed by atoms with Gasteiger partial charge in [-0.15, -0.1) is 11.3 Å². The molecule has 10 heteroatoms. The summed E-state index contributed by atoms with van der Waals surface area (Å²) in [5, 5.41) is 0. The summed E-state index contributed by atoms with van der Waals surface area (Å²) in [6.45, 7) is 7.94. The number of para-hydroxylation sites is 2. The van der Waals surface area contributed by atoms with Crippen molar-refractivity contribution < 1.29 is 9.53 Å². The van der Waals surface area contributed by atoms with Gasteiger partial charge in [0.25, 0.3) is 0 Å². The second-order valence-electron chi connectivity index (χ2n) is 9.11. The minimum absolute atomic E-state index is 0.174. The third kappa shape index (κ3) is 4.15. The van der Waals surface area contributed by atoms with Crippen molar-refractivity contribution in [3.05, 3.63) is 41.0 Å². The number of morpholine rings is 1. The molecule has 1 amide bonds. The van der Waals surface area contributed by atoms with Crippen molar-refractivity contribution in [3.8, 4) is 5.95 Å². The van der Waals surface area contributed by atoms with Crippen molar-refractivity contribution in [2.24, 2.45) is 0 Å². The molecule has 9 nitrogen and oxygen atoms in total. The summed E-state index contributed by atoms with van der Waals surface area (Å²) in [7, 11) is 1.87. The van der Waals surface area contributed by atoms with E-state index in [1.807, 2.05) is 25.2 Å². The van der Waals surface area contributed by atoms with Crippen molar-refractivity contribution in [1.82, 2.24) is 29.3 Å². The molecule has 2 aliphatic heterocycles. The summed E-state index contributed by atoms with van der Waals surface area (Å²) in [4.78, 5) is 34.7. The quantitative estimate of drug-likeness (QED) is 0.425. The summed E-state index contributed by atoms with van der Waals surface area (Å²) < 4.78 is 8.80. The van der Waals surface area contributed by atoms with Gasteiger partial charge in [-0.05, 0) is 18.2 Å². The summed E-state index contributed by atoms with van der Waals surface area (Å²) in [6, 6.07) is 10.3. The predicted molar refractivity (Wildman–Crippen MR) is 137 cm³/mol. The standard InChI is InChI=1S/C25H29N7O2S/c1-3-21-26-18-6-4-5-7-20(18)32(21)25-27-19-14-17(15-30-9-8-29(2)22(33)16-30)35-23(19)24(28-25)31-10-12-34-13-11-31/h4-7,14H,3,8-13,15-16H2,1-2H3. The number of benzene rings is 1. The highest BCUT2D eigenvalue weighted by Gasteiger charge is 2.24. The first-order valence-electron chi connectivity index (χ1n) is 12.2. The van der Waals surface area contributed by atoms with Crippen LogP contribution in [0.25, 0.3) is 27.2 Å². The normalized spacial score (nSPS) is 17.7. The SMILES string of the molecule is CCc1nc2ccccc2n1-c1nc(N2CCOCC2)c2sc(CN3CCN(C)C(=O)C3)cc2n1. The van der Waals surface area contributed by atoms with E-state index in [2.05, 4.69) is 33.4 Å². The largest absolute Gasteiger partial charge is 0.378 e. The van der Waals surface area contributed by atoms with E-state index in [0.717, 1.165) is 72.0 Å². The lowest BCUT2D eigenvalue weighted by Gasteiger charge is -2.31. The zero-order valence-corrected chi connectivity index (χ0v) is 20.9. The molecular weight excluding hydrogens is 462 g/mol. The smallest absolute Gasteiger partial charge is 0.238 e. The number of hydrogen-bond acceptors (Lipinski definition) is 8. The van der Waals surface area contributed by atoms with Gasteiger partial charge in [-0.2, -0.15) is 4.98 Å². The minimum Gasteiger partial charge on any atom is -0.378 e. The average Bonchev–Trinajstić information content (AvgIpc) is 3.46. The van der Waals surface area contributed by atoms with Gasteiger partial charge in [-0.1, -0.05) is 19.1 Å². The summed E-state index contributed by atoms with van der Waals surface area (Å²) in [6.07, 6.45) is 0.787. The molecule has 3 aromatic heterocycles. The lowest BCUT2D eigenvalue weighted by Crippen LogP contribution is -2.47. The lowest BCUT2D eigenvalue weighted by molar-refractivity contribution is -0.134. The second kappa shape index (κ2) is 9.18. The van der Waals surface area contributed by atoms with Crippen molar-refractivity contribution in [2.45, 2.75) is 19.9 Å². The number of ether oxygens (including phenoxy) is 1. The molecule has 2 fully saturated rings. The number of piperazine rings is 1. The van der Waals surface area contributed by atoms with Crippen LogP contribution in [-0.2, 0) is 22.5 Å². The van der Waals surface area contributed by atoms with Crippen LogP contribution in [0.1, 0.15) is 17.6 Å². The Hall–Kier alpha value is -3.08. The molecule has 2 aliphatic rings. The minimum atomic E-state index is 0.174. The molecule has 5 heterocycles. The van der Waals surface area contributed by atoms with Crippen molar-refractivity contribution >= 4 is 44.3 Å². The Bertz CT molecular complexity index is 1390. The molecule has 0 saturated carbocycles. The molecule has 0 N–H and O–H groups in total. The number of anilines is 1. The first kappa shape index (κ1) is 22.4. The Morgan fingerprint density at radius 2 is 1.86 bits per heavy atom. The summed E-state index contributed by atoms with van der Waals surface area (Å²) in [5.74, 6) is 2.74. The number of aromatic nitrogens is 4. The van der Waals surface area contributed by atoms with Crippen molar-refractivity contribution in [1.29, 1.82) is 0 Å². The first-order chi connectivity index (χ1) is 17.1. The highest BCUT2D eigenvalue weighted by molar-refractivity contribution is 7.19. The Morgan fingerprint density at radius 1 is 1.03 bits per heavy atom. The Kier molecular flexibility index (Phi) is 5.87. The third-order valence-electron chi connectivity index (χ3n) is 6.77. The molecule has 35 heavy (non-hydrogen) atoms. The molecule has 1 aromatic carbocycles. The summed E-state index contributed by atoms with van der Waals surface area (Å²) >= 11 is 1.73. The Balaban J connectivity index is 1.45. The molecule has 0 unspecified atom stereocenters. The molecule has 0 atom stereocenters. The number of aryl methyl sites for hydroxylation is 1. The van der Waals surface area contributed by atoms with E-state index in [1.54, 1.807) is 16.2 Å². The van der Waals surface area contributed by atoms with E-state index >= 15 is 0 Å².